The lowest BCUT2D eigenvalue weighted by Gasteiger charge is -2.30. The summed E-state index contributed by atoms with van der Waals surface area (Å²) < 4.78 is 2.42. The van der Waals surface area contributed by atoms with Gasteiger partial charge in [-0.3, -0.25) is 9.76 Å². The van der Waals surface area contributed by atoms with Crippen molar-refractivity contribution in [2.24, 2.45) is 5.92 Å². The van der Waals surface area contributed by atoms with Crippen LogP contribution in [-0.4, -0.2) is 23.3 Å². The molecule has 0 spiro atoms. The van der Waals surface area contributed by atoms with Crippen molar-refractivity contribution in [3.8, 4) is 0 Å². The molecule has 0 aromatic rings. The lowest BCUT2D eigenvalue weighted by Crippen LogP contribution is -2.39. The van der Waals surface area contributed by atoms with Crippen molar-refractivity contribution < 1.29 is 0 Å². The Morgan fingerprint density at radius 3 is 2.71 bits per heavy atom. The first-order valence-corrected chi connectivity index (χ1v) is 12.0. The van der Waals surface area contributed by atoms with E-state index in [1.54, 1.807) is 0 Å². The first-order valence-electron chi connectivity index (χ1n) is 4.85. The van der Waals surface area contributed by atoms with Gasteiger partial charge in [-0.15, -0.1) is 8.93 Å². The molecule has 0 saturated carbocycles. The molecule has 1 heterocycles. The van der Waals surface area contributed by atoms with Gasteiger partial charge >= 0.3 is 0 Å². The van der Waals surface area contributed by atoms with Gasteiger partial charge in [0.25, 0.3) is 0 Å². The fraction of sp³-hybridized carbons (Fsp3) is 1.00. The van der Waals surface area contributed by atoms with Crippen LogP contribution in [0.15, 0.2) is 0 Å². The maximum absolute atomic E-state index is 3.75. The maximum Gasteiger partial charge on any atom is 0.0309 e. The minimum absolute atomic E-state index is 0.0383. The number of rotatable bonds is 4. The molecule has 1 N–H and O–H groups in total. The van der Waals surface area contributed by atoms with Gasteiger partial charge in [0.15, 0.2) is 0 Å². The Hall–Kier alpha value is 2.07. The number of hydrogen-bond donors (Lipinski definition) is 1. The molecular weight excluding hydrogens is 267 g/mol. The molecule has 1 saturated heterocycles. The summed E-state index contributed by atoms with van der Waals surface area (Å²) in [6.07, 6.45) is 1.29. The van der Waals surface area contributed by atoms with Gasteiger partial charge in [-0.2, -0.15) is 0 Å². The average molecular weight is 288 g/mol. The van der Waals surface area contributed by atoms with Crippen LogP contribution in [0.2, 0.25) is 0 Å². The Morgan fingerprint density at radius 1 is 1.57 bits per heavy atom. The molecule has 0 aromatic heterocycles. The summed E-state index contributed by atoms with van der Waals surface area (Å²) in [5, 5.41) is 3.75. The highest BCUT2D eigenvalue weighted by Crippen LogP contribution is 2.63. The van der Waals surface area contributed by atoms with Crippen molar-refractivity contribution in [1.29, 1.82) is 0 Å². The Bertz CT molecular complexity index is 179. The fourth-order valence-electron chi connectivity index (χ4n) is 2.04. The zero-order valence-corrected chi connectivity index (χ0v) is 14.1. The summed E-state index contributed by atoms with van der Waals surface area (Å²) in [4.78, 5) is 0. The summed E-state index contributed by atoms with van der Waals surface area (Å²) >= 11 is 0. The Morgan fingerprint density at radius 2 is 2.21 bits per heavy atom. The SMILES string of the molecule is CC(C)[C@@H]1C(NP(P)PP)CCN1P. The summed E-state index contributed by atoms with van der Waals surface area (Å²) in [5.41, 5.74) is 0. The van der Waals surface area contributed by atoms with Gasteiger partial charge in [0.2, 0.25) is 0 Å². The molecule has 0 aromatic carbocycles. The van der Waals surface area contributed by atoms with Crippen LogP contribution >= 0.6 is 42.7 Å². The quantitative estimate of drug-likeness (QED) is 0.800. The van der Waals surface area contributed by atoms with Gasteiger partial charge in [0, 0.05) is 26.1 Å². The first-order chi connectivity index (χ1) is 6.56. The molecule has 7 atom stereocenters. The van der Waals surface area contributed by atoms with E-state index in [0.717, 1.165) is 13.9 Å². The second-order valence-corrected chi connectivity index (χ2v) is 13.6. The first kappa shape index (κ1) is 14.1. The monoisotopic (exact) mass is 288 g/mol. The zero-order chi connectivity index (χ0) is 10.7. The van der Waals surface area contributed by atoms with E-state index in [9.17, 15) is 0 Å². The van der Waals surface area contributed by atoms with Crippen LogP contribution < -0.4 is 5.09 Å². The molecular formula is C7H21N2P5. The highest BCUT2D eigenvalue weighted by Gasteiger charge is 2.34. The van der Waals surface area contributed by atoms with Gasteiger partial charge < -0.3 is 0 Å². The highest BCUT2D eigenvalue weighted by molar-refractivity contribution is 8.60. The summed E-state index contributed by atoms with van der Waals surface area (Å²) in [7, 11) is 9.56. The van der Waals surface area contributed by atoms with Gasteiger partial charge in [0.05, 0.1) is 0 Å². The van der Waals surface area contributed by atoms with Crippen LogP contribution in [0, 0.1) is 5.92 Å². The number of nitrogens with one attached hydrogen (secondary N) is 1. The molecule has 7 heteroatoms. The van der Waals surface area contributed by atoms with E-state index in [2.05, 4.69) is 50.9 Å². The van der Waals surface area contributed by atoms with Crippen LogP contribution in [0.25, 0.3) is 0 Å². The molecule has 84 valence electrons. The Labute approximate surface area is 97.4 Å². The normalized spacial score (nSPS) is 32.1. The van der Waals surface area contributed by atoms with Crippen molar-refractivity contribution in [1.82, 2.24) is 9.76 Å². The van der Waals surface area contributed by atoms with Crippen molar-refractivity contribution in [3.05, 3.63) is 0 Å². The maximum atomic E-state index is 3.75. The second kappa shape index (κ2) is 6.72. The number of nitrogens with zero attached hydrogens (tertiary/aromatic N) is 1. The smallest absolute Gasteiger partial charge is 0.0309 e. The molecule has 1 rings (SSSR count). The van der Waals surface area contributed by atoms with Crippen LogP contribution in [0.5, 0.6) is 0 Å². The van der Waals surface area contributed by atoms with Crippen molar-refractivity contribution >= 4 is 42.7 Å². The summed E-state index contributed by atoms with van der Waals surface area (Å²) in [6, 6.07) is 1.37. The van der Waals surface area contributed by atoms with Gasteiger partial charge in [-0.05, 0) is 12.3 Å². The third-order valence-electron chi connectivity index (χ3n) is 2.62. The second-order valence-electron chi connectivity index (χ2n) is 4.00. The molecule has 0 radical (unpaired) electrons. The van der Waals surface area contributed by atoms with E-state index in [-0.39, 0.29) is 7.45 Å². The molecule has 14 heavy (non-hydrogen) atoms. The van der Waals surface area contributed by atoms with E-state index in [1.165, 1.54) is 13.0 Å². The molecule has 6 unspecified atom stereocenters. The van der Waals surface area contributed by atoms with Crippen molar-refractivity contribution in [2.45, 2.75) is 32.4 Å². The zero-order valence-electron chi connectivity index (χ0n) is 8.77. The van der Waals surface area contributed by atoms with Gasteiger partial charge in [-0.25, -0.2) is 0 Å². The average Bonchev–Trinajstić information content (AvgIpc) is 2.46. The molecule has 0 amide bonds. The molecule has 0 bridgehead atoms. The lowest BCUT2D eigenvalue weighted by atomic mass is 9.99. The minimum Gasteiger partial charge on any atom is -0.285 e. The third-order valence-corrected chi connectivity index (χ3v) is 12.3. The molecule has 1 aliphatic rings. The molecule has 0 aliphatic carbocycles. The minimum atomic E-state index is -0.0383. The summed E-state index contributed by atoms with van der Waals surface area (Å²) in [6.45, 7) is 5.84. The van der Waals surface area contributed by atoms with E-state index in [1.807, 2.05) is 0 Å². The highest BCUT2D eigenvalue weighted by atomic mass is 32.6. The van der Waals surface area contributed by atoms with Gasteiger partial charge in [-0.1, -0.05) is 40.1 Å². The predicted molar refractivity (Wildman–Crippen MR) is 81.2 cm³/mol. The largest absolute Gasteiger partial charge is 0.285 e. The van der Waals surface area contributed by atoms with Crippen molar-refractivity contribution in [3.63, 3.8) is 0 Å². The van der Waals surface area contributed by atoms with Crippen LogP contribution in [0.1, 0.15) is 20.3 Å². The topological polar surface area (TPSA) is 15.3 Å². The van der Waals surface area contributed by atoms with Crippen molar-refractivity contribution in [2.75, 3.05) is 6.54 Å². The fourth-order valence-corrected chi connectivity index (χ4v) is 5.42. The van der Waals surface area contributed by atoms with Gasteiger partial charge in [0.1, 0.15) is 0 Å². The molecule has 1 aliphatic heterocycles. The Kier molecular flexibility index (Phi) is 6.78. The molecule has 2 nitrogen and oxygen atoms in total. The van der Waals surface area contributed by atoms with E-state index in [4.69, 9.17) is 0 Å². The molecule has 1 fully saturated rings. The standard InChI is InChI=1S/C7H21N2P5/c1-5(2)7-6(3-4-9(7)10)8-14(12)13-11/h5-8,13H,3-4,10-12H2,1-2H3/t6?,7-,14?/m1/s1. The lowest BCUT2D eigenvalue weighted by molar-refractivity contribution is 0.312. The van der Waals surface area contributed by atoms with E-state index < -0.39 is 0 Å². The number of hydrogen-bond acceptors (Lipinski definition) is 2. The third kappa shape index (κ3) is 3.82. The predicted octanol–water partition coefficient (Wildman–Crippen LogP) is 3.04. The van der Waals surface area contributed by atoms with E-state index in [0.29, 0.717) is 12.1 Å². The van der Waals surface area contributed by atoms with E-state index >= 15 is 0 Å². The summed E-state index contributed by atoms with van der Waals surface area (Å²) in [5.74, 6) is 0.730. The van der Waals surface area contributed by atoms with Crippen LogP contribution in [-0.2, 0) is 0 Å². The van der Waals surface area contributed by atoms with Crippen LogP contribution in [0.4, 0.5) is 0 Å². The Balaban J connectivity index is 2.51. The van der Waals surface area contributed by atoms with Crippen LogP contribution in [0.3, 0.4) is 0 Å².